The summed E-state index contributed by atoms with van der Waals surface area (Å²) >= 11 is 0. The third-order valence-corrected chi connectivity index (χ3v) is 4.08. The molecular formula is C16H15NO2. The number of ether oxygens (including phenoxy) is 2. The van der Waals surface area contributed by atoms with Gasteiger partial charge in [-0.15, -0.1) is 0 Å². The van der Waals surface area contributed by atoms with Crippen LogP contribution in [0, 0.1) is 0 Å². The van der Waals surface area contributed by atoms with E-state index in [1.54, 1.807) is 0 Å². The normalized spacial score (nSPS) is 31.0. The molecule has 2 unspecified atom stereocenters. The second-order valence-electron chi connectivity index (χ2n) is 5.30. The molecule has 0 spiro atoms. The summed E-state index contributed by atoms with van der Waals surface area (Å²) in [6, 6.07) is 16.0. The molecule has 3 atom stereocenters. The second-order valence-corrected chi connectivity index (χ2v) is 5.30. The van der Waals surface area contributed by atoms with E-state index in [4.69, 9.17) is 15.2 Å². The number of fused-ring (bicyclic) bond motifs is 3. The van der Waals surface area contributed by atoms with Crippen molar-refractivity contribution in [2.75, 3.05) is 5.73 Å². The zero-order chi connectivity index (χ0) is 13.0. The third kappa shape index (κ3) is 1.36. The van der Waals surface area contributed by atoms with Crippen LogP contribution in [-0.2, 0) is 4.74 Å². The maximum atomic E-state index is 6.12. The summed E-state index contributed by atoms with van der Waals surface area (Å²) in [7, 11) is 0. The van der Waals surface area contributed by atoms with Gasteiger partial charge in [-0.3, -0.25) is 0 Å². The Morgan fingerprint density at radius 3 is 2.63 bits per heavy atom. The zero-order valence-corrected chi connectivity index (χ0v) is 10.7. The van der Waals surface area contributed by atoms with Gasteiger partial charge in [0.15, 0.2) is 0 Å². The van der Waals surface area contributed by atoms with Gasteiger partial charge in [0.2, 0.25) is 5.79 Å². The van der Waals surface area contributed by atoms with Gasteiger partial charge in [-0.2, -0.15) is 0 Å². The molecule has 0 radical (unpaired) electrons. The Balaban J connectivity index is 1.80. The number of hydrogen-bond acceptors (Lipinski definition) is 3. The van der Waals surface area contributed by atoms with Crippen LogP contribution in [0.25, 0.3) is 0 Å². The molecule has 2 N–H and O–H groups in total. The SMILES string of the molecule is C[C@]12Oc3cccc(N)c3C1C(c1ccccc1)O2. The summed E-state index contributed by atoms with van der Waals surface area (Å²) in [5.74, 6) is 0.454. The second kappa shape index (κ2) is 3.52. The Bertz CT molecular complexity index is 640. The molecule has 96 valence electrons. The summed E-state index contributed by atoms with van der Waals surface area (Å²) in [5, 5.41) is 0. The molecule has 0 aromatic heterocycles. The molecule has 3 heteroatoms. The molecule has 1 fully saturated rings. The van der Waals surface area contributed by atoms with Crippen LogP contribution >= 0.6 is 0 Å². The lowest BCUT2D eigenvalue weighted by Crippen LogP contribution is -2.51. The van der Waals surface area contributed by atoms with Crippen molar-refractivity contribution in [2.24, 2.45) is 0 Å². The highest BCUT2D eigenvalue weighted by molar-refractivity contribution is 5.61. The molecule has 19 heavy (non-hydrogen) atoms. The minimum Gasteiger partial charge on any atom is -0.461 e. The van der Waals surface area contributed by atoms with Crippen molar-refractivity contribution in [3.8, 4) is 5.75 Å². The highest BCUT2D eigenvalue weighted by Gasteiger charge is 2.61. The Labute approximate surface area is 112 Å². The Hall–Kier alpha value is -2.00. The summed E-state index contributed by atoms with van der Waals surface area (Å²) in [5.41, 5.74) is 9.17. The molecule has 0 bridgehead atoms. The van der Waals surface area contributed by atoms with Crippen molar-refractivity contribution in [1.82, 2.24) is 0 Å². The van der Waals surface area contributed by atoms with E-state index in [0.717, 1.165) is 17.0 Å². The van der Waals surface area contributed by atoms with Gasteiger partial charge < -0.3 is 15.2 Å². The lowest BCUT2D eigenvalue weighted by atomic mass is 9.79. The molecule has 3 nitrogen and oxygen atoms in total. The van der Waals surface area contributed by atoms with Crippen LogP contribution in [0.2, 0.25) is 0 Å². The minimum absolute atomic E-state index is 0.0251. The fourth-order valence-corrected chi connectivity index (χ4v) is 3.20. The standard InChI is InChI=1S/C16H15NO2/c1-16-14(13-11(17)8-5-9-12(13)18-16)15(19-16)10-6-3-2-4-7-10/h2-9,14-15H,17H2,1H3/t14?,15?,16-/m1/s1. The highest BCUT2D eigenvalue weighted by Crippen LogP contribution is 2.62. The first kappa shape index (κ1) is 10.9. The molecule has 4 rings (SSSR count). The average Bonchev–Trinajstić information content (AvgIpc) is 2.62. The van der Waals surface area contributed by atoms with Crippen molar-refractivity contribution < 1.29 is 9.47 Å². The summed E-state index contributed by atoms with van der Waals surface area (Å²) < 4.78 is 11.9. The molecular weight excluding hydrogens is 238 g/mol. The van der Waals surface area contributed by atoms with E-state index < -0.39 is 5.79 Å². The molecule has 0 amide bonds. The van der Waals surface area contributed by atoms with Gasteiger partial charge in [0.05, 0.1) is 5.92 Å². The third-order valence-electron chi connectivity index (χ3n) is 4.08. The predicted molar refractivity (Wildman–Crippen MR) is 72.9 cm³/mol. The van der Waals surface area contributed by atoms with Gasteiger partial charge in [0, 0.05) is 18.2 Å². The van der Waals surface area contributed by atoms with Gasteiger partial charge in [0.1, 0.15) is 11.9 Å². The van der Waals surface area contributed by atoms with E-state index >= 15 is 0 Å². The number of anilines is 1. The molecule has 0 aliphatic carbocycles. The van der Waals surface area contributed by atoms with Crippen LogP contribution in [0.5, 0.6) is 5.75 Å². The van der Waals surface area contributed by atoms with Crippen molar-refractivity contribution in [1.29, 1.82) is 0 Å². The van der Waals surface area contributed by atoms with Crippen LogP contribution in [0.3, 0.4) is 0 Å². The van der Waals surface area contributed by atoms with Crippen molar-refractivity contribution >= 4 is 5.69 Å². The zero-order valence-electron chi connectivity index (χ0n) is 10.7. The Morgan fingerprint density at radius 2 is 1.84 bits per heavy atom. The Morgan fingerprint density at radius 1 is 1.05 bits per heavy atom. The molecule has 2 aromatic carbocycles. The maximum absolute atomic E-state index is 6.12. The quantitative estimate of drug-likeness (QED) is 0.793. The van der Waals surface area contributed by atoms with Crippen molar-refractivity contribution in [3.63, 3.8) is 0 Å². The van der Waals surface area contributed by atoms with Crippen LogP contribution in [0.4, 0.5) is 5.69 Å². The van der Waals surface area contributed by atoms with Gasteiger partial charge in [-0.1, -0.05) is 36.4 Å². The lowest BCUT2D eigenvalue weighted by molar-refractivity contribution is -0.303. The predicted octanol–water partition coefficient (Wildman–Crippen LogP) is 3.23. The number of nitrogens with two attached hydrogens (primary N) is 1. The van der Waals surface area contributed by atoms with E-state index in [2.05, 4.69) is 12.1 Å². The number of benzene rings is 2. The topological polar surface area (TPSA) is 44.5 Å². The van der Waals surface area contributed by atoms with Crippen molar-refractivity contribution in [2.45, 2.75) is 24.7 Å². The molecule has 2 aliphatic rings. The van der Waals surface area contributed by atoms with Crippen LogP contribution in [0.15, 0.2) is 48.5 Å². The molecule has 0 saturated carbocycles. The van der Waals surface area contributed by atoms with E-state index in [1.165, 1.54) is 5.56 Å². The summed E-state index contributed by atoms with van der Waals surface area (Å²) in [4.78, 5) is 0. The number of hydrogen-bond donors (Lipinski definition) is 1. The van der Waals surface area contributed by atoms with E-state index in [0.29, 0.717) is 0 Å². The first-order valence-corrected chi connectivity index (χ1v) is 6.49. The number of nitrogen functional groups attached to an aromatic ring is 1. The lowest BCUT2D eigenvalue weighted by Gasteiger charge is -2.47. The fourth-order valence-electron chi connectivity index (χ4n) is 3.20. The monoisotopic (exact) mass is 253 g/mol. The van der Waals surface area contributed by atoms with Crippen LogP contribution in [-0.4, -0.2) is 5.79 Å². The Kier molecular flexibility index (Phi) is 2.01. The molecule has 1 saturated heterocycles. The first-order valence-electron chi connectivity index (χ1n) is 6.49. The first-order chi connectivity index (χ1) is 9.19. The minimum atomic E-state index is -0.571. The molecule has 2 heterocycles. The van der Waals surface area contributed by atoms with Gasteiger partial charge >= 0.3 is 0 Å². The smallest absolute Gasteiger partial charge is 0.218 e. The van der Waals surface area contributed by atoms with E-state index in [1.807, 2.05) is 43.3 Å². The highest BCUT2D eigenvalue weighted by atomic mass is 16.7. The number of rotatable bonds is 1. The largest absolute Gasteiger partial charge is 0.461 e. The summed E-state index contributed by atoms with van der Waals surface area (Å²) in [6.07, 6.45) is 0.0251. The van der Waals surface area contributed by atoms with Crippen LogP contribution in [0.1, 0.15) is 30.1 Å². The van der Waals surface area contributed by atoms with Gasteiger partial charge in [-0.05, 0) is 17.7 Å². The molecule has 2 aliphatic heterocycles. The summed E-state index contributed by atoms with van der Waals surface area (Å²) in [6.45, 7) is 1.98. The van der Waals surface area contributed by atoms with Gasteiger partial charge in [0.25, 0.3) is 0 Å². The molecule has 2 aromatic rings. The van der Waals surface area contributed by atoms with Crippen molar-refractivity contribution in [3.05, 3.63) is 59.7 Å². The fraction of sp³-hybridized carbons (Fsp3) is 0.250. The van der Waals surface area contributed by atoms with Gasteiger partial charge in [-0.25, -0.2) is 0 Å². The average molecular weight is 253 g/mol. The maximum Gasteiger partial charge on any atom is 0.218 e. The van der Waals surface area contributed by atoms with E-state index in [9.17, 15) is 0 Å². The van der Waals surface area contributed by atoms with E-state index in [-0.39, 0.29) is 12.0 Å². The van der Waals surface area contributed by atoms with Crippen LogP contribution < -0.4 is 10.5 Å².